The minimum absolute atomic E-state index is 0.00410. The molecule has 1 N–H and O–H groups in total. The van der Waals surface area contributed by atoms with Crippen molar-refractivity contribution in [3.63, 3.8) is 0 Å². The number of rotatable bonds is 4. The van der Waals surface area contributed by atoms with Gasteiger partial charge in [0.15, 0.2) is 5.65 Å². The van der Waals surface area contributed by atoms with Crippen LogP contribution in [-0.4, -0.2) is 38.6 Å². The lowest BCUT2D eigenvalue weighted by atomic mass is 9.98. The molecular weight excluding hydrogens is 374 g/mol. The van der Waals surface area contributed by atoms with E-state index in [2.05, 4.69) is 40.8 Å². The van der Waals surface area contributed by atoms with Gasteiger partial charge >= 0.3 is 6.03 Å². The summed E-state index contributed by atoms with van der Waals surface area (Å²) >= 11 is 0. The van der Waals surface area contributed by atoms with Crippen LogP contribution in [0.25, 0.3) is 11.2 Å². The Morgan fingerprint density at radius 2 is 2.03 bits per heavy atom. The van der Waals surface area contributed by atoms with Crippen LogP contribution in [0.15, 0.2) is 36.5 Å². The molecule has 3 aromatic rings. The van der Waals surface area contributed by atoms with Crippen molar-refractivity contribution >= 4 is 22.9 Å². The van der Waals surface area contributed by atoms with E-state index in [1.807, 2.05) is 29.3 Å². The number of carbonyl (C=O) groups is 1. The van der Waals surface area contributed by atoms with Crippen LogP contribution in [0.5, 0.6) is 0 Å². The van der Waals surface area contributed by atoms with Gasteiger partial charge < -0.3 is 14.8 Å². The summed E-state index contributed by atoms with van der Waals surface area (Å²) in [7, 11) is 0. The summed E-state index contributed by atoms with van der Waals surface area (Å²) in [4.78, 5) is 24.4. The van der Waals surface area contributed by atoms with Gasteiger partial charge in [0.1, 0.15) is 11.3 Å². The summed E-state index contributed by atoms with van der Waals surface area (Å²) in [6, 6.07) is 10.1. The van der Waals surface area contributed by atoms with E-state index in [1.165, 1.54) is 24.2 Å². The highest BCUT2D eigenvalue weighted by Crippen LogP contribution is 2.41. The number of pyridine rings is 1. The van der Waals surface area contributed by atoms with Crippen molar-refractivity contribution in [1.29, 1.82) is 0 Å². The van der Waals surface area contributed by atoms with E-state index in [4.69, 9.17) is 4.98 Å². The Balaban J connectivity index is 1.32. The molecule has 2 fully saturated rings. The number of urea groups is 1. The maximum absolute atomic E-state index is 13.0. The molecule has 1 atom stereocenters. The van der Waals surface area contributed by atoms with Gasteiger partial charge in [-0.1, -0.05) is 12.1 Å². The van der Waals surface area contributed by atoms with Gasteiger partial charge in [0.2, 0.25) is 0 Å². The molecular formula is C24H29N5O. The van der Waals surface area contributed by atoms with E-state index in [0.717, 1.165) is 54.9 Å². The zero-order chi connectivity index (χ0) is 20.7. The number of nitrogens with zero attached hydrogens (tertiary/aromatic N) is 4. The number of anilines is 1. The zero-order valence-electron chi connectivity index (χ0n) is 17.8. The molecule has 2 amide bonds. The molecule has 0 bridgehead atoms. The van der Waals surface area contributed by atoms with Crippen LogP contribution in [-0.2, 0) is 6.54 Å². The van der Waals surface area contributed by atoms with E-state index in [0.29, 0.717) is 11.8 Å². The first-order valence-corrected chi connectivity index (χ1v) is 11.0. The number of hydrogen-bond donors (Lipinski definition) is 1. The summed E-state index contributed by atoms with van der Waals surface area (Å²) in [5, 5.41) is 3.12. The number of carbonyl (C=O) groups excluding carboxylic acids is 1. The average molecular weight is 404 g/mol. The van der Waals surface area contributed by atoms with Crippen molar-refractivity contribution in [3.8, 4) is 0 Å². The highest BCUT2D eigenvalue weighted by Gasteiger charge is 2.32. The lowest BCUT2D eigenvalue weighted by Crippen LogP contribution is -2.43. The molecule has 156 valence electrons. The molecule has 6 heteroatoms. The number of nitrogens with one attached hydrogen (secondary N) is 1. The van der Waals surface area contributed by atoms with Gasteiger partial charge in [-0.15, -0.1) is 0 Å². The summed E-state index contributed by atoms with van der Waals surface area (Å²) in [5.41, 5.74) is 5.19. The fourth-order valence-corrected chi connectivity index (χ4v) is 4.55. The topological polar surface area (TPSA) is 63.1 Å². The van der Waals surface area contributed by atoms with Gasteiger partial charge in [-0.2, -0.15) is 0 Å². The van der Waals surface area contributed by atoms with E-state index in [1.54, 1.807) is 0 Å². The number of fused-ring (bicyclic) bond motifs is 1. The van der Waals surface area contributed by atoms with Gasteiger partial charge in [0.05, 0.1) is 0 Å². The molecule has 3 heterocycles. The van der Waals surface area contributed by atoms with Crippen LogP contribution < -0.4 is 5.32 Å². The quantitative estimate of drug-likeness (QED) is 0.676. The van der Waals surface area contributed by atoms with Gasteiger partial charge in [-0.25, -0.2) is 14.8 Å². The van der Waals surface area contributed by atoms with Crippen LogP contribution in [0, 0.1) is 19.8 Å². The highest BCUT2D eigenvalue weighted by molar-refractivity contribution is 5.90. The summed E-state index contributed by atoms with van der Waals surface area (Å²) in [5.74, 6) is 2.17. The number of benzene rings is 1. The van der Waals surface area contributed by atoms with Crippen LogP contribution in [0.1, 0.15) is 48.6 Å². The number of amides is 2. The van der Waals surface area contributed by atoms with E-state index >= 15 is 0 Å². The third kappa shape index (κ3) is 3.66. The number of imidazole rings is 1. The molecule has 0 spiro atoms. The Bertz CT molecular complexity index is 1080. The molecule has 30 heavy (non-hydrogen) atoms. The third-order valence-electron chi connectivity index (χ3n) is 6.57. The highest BCUT2D eigenvalue weighted by atomic mass is 16.2. The third-order valence-corrected chi connectivity index (χ3v) is 6.57. The smallest absolute Gasteiger partial charge is 0.321 e. The summed E-state index contributed by atoms with van der Waals surface area (Å²) in [6.45, 7) is 6.59. The first-order chi connectivity index (χ1) is 14.6. The number of hydrogen-bond acceptors (Lipinski definition) is 3. The first-order valence-electron chi connectivity index (χ1n) is 11.0. The van der Waals surface area contributed by atoms with Crippen LogP contribution in [0.4, 0.5) is 10.5 Å². The number of aromatic nitrogens is 3. The van der Waals surface area contributed by atoms with Gasteiger partial charge in [0, 0.05) is 37.4 Å². The number of aryl methyl sites for hydroxylation is 1. The molecule has 1 unspecified atom stereocenters. The summed E-state index contributed by atoms with van der Waals surface area (Å²) in [6.07, 6.45) is 6.45. The Morgan fingerprint density at radius 1 is 1.17 bits per heavy atom. The van der Waals surface area contributed by atoms with E-state index in [-0.39, 0.29) is 6.03 Å². The Morgan fingerprint density at radius 3 is 2.87 bits per heavy atom. The number of piperidine rings is 1. The van der Waals surface area contributed by atoms with Gasteiger partial charge in [-0.3, -0.25) is 0 Å². The lowest BCUT2D eigenvalue weighted by molar-refractivity contribution is 0.170. The van der Waals surface area contributed by atoms with Crippen LogP contribution >= 0.6 is 0 Å². The minimum atomic E-state index is 0.00410. The molecule has 1 aromatic carbocycles. The normalized spacial score (nSPS) is 19.3. The van der Waals surface area contributed by atoms with E-state index in [9.17, 15) is 4.79 Å². The molecule has 1 aliphatic carbocycles. The van der Waals surface area contributed by atoms with Gasteiger partial charge in [0.25, 0.3) is 0 Å². The van der Waals surface area contributed by atoms with Crippen molar-refractivity contribution in [2.45, 2.75) is 52.0 Å². The van der Waals surface area contributed by atoms with Crippen molar-refractivity contribution in [3.05, 3.63) is 53.5 Å². The molecule has 2 aromatic heterocycles. The second-order valence-corrected chi connectivity index (χ2v) is 8.83. The predicted octanol–water partition coefficient (Wildman–Crippen LogP) is 4.87. The van der Waals surface area contributed by atoms with Crippen molar-refractivity contribution in [2.24, 2.45) is 5.92 Å². The number of likely N-dealkylation sites (tertiary alicyclic amines) is 1. The molecule has 1 aliphatic heterocycles. The predicted molar refractivity (Wildman–Crippen MR) is 119 cm³/mol. The fraction of sp³-hybridized carbons (Fsp3) is 0.458. The standard InChI is InChI=1S/C24H29N5O/c1-16-6-3-8-20(17(16)2)27-24(30)28-13-5-7-18(14-28)15-29-22(19-10-11-19)26-21-9-4-12-25-23(21)29/h3-4,6,8-9,12,18-19H,5,7,10-11,13-15H2,1-2H3,(H,27,30). The lowest BCUT2D eigenvalue weighted by Gasteiger charge is -2.33. The second-order valence-electron chi connectivity index (χ2n) is 8.83. The monoisotopic (exact) mass is 403 g/mol. The Hall–Kier alpha value is -2.89. The maximum Gasteiger partial charge on any atom is 0.321 e. The minimum Gasteiger partial charge on any atom is -0.324 e. The fourth-order valence-electron chi connectivity index (χ4n) is 4.55. The van der Waals surface area contributed by atoms with Crippen LogP contribution in [0.2, 0.25) is 0 Å². The average Bonchev–Trinajstić information content (AvgIpc) is 3.54. The molecule has 0 radical (unpaired) electrons. The van der Waals surface area contributed by atoms with E-state index < -0.39 is 0 Å². The van der Waals surface area contributed by atoms with Gasteiger partial charge in [-0.05, 0) is 74.8 Å². The van der Waals surface area contributed by atoms with Crippen LogP contribution in [0.3, 0.4) is 0 Å². The molecule has 2 aliphatic rings. The molecule has 5 rings (SSSR count). The molecule has 1 saturated carbocycles. The molecule has 6 nitrogen and oxygen atoms in total. The largest absolute Gasteiger partial charge is 0.324 e. The second kappa shape index (κ2) is 7.74. The Kier molecular flexibility index (Phi) is 4.93. The SMILES string of the molecule is Cc1cccc(NC(=O)N2CCCC(Cn3c(C4CC4)nc4cccnc43)C2)c1C. The molecule has 1 saturated heterocycles. The first kappa shape index (κ1) is 19.1. The maximum atomic E-state index is 13.0. The summed E-state index contributed by atoms with van der Waals surface area (Å²) < 4.78 is 2.32. The Labute approximate surface area is 177 Å². The van der Waals surface area contributed by atoms with Crippen molar-refractivity contribution in [2.75, 3.05) is 18.4 Å². The zero-order valence-corrected chi connectivity index (χ0v) is 17.8. The van der Waals surface area contributed by atoms with Crippen molar-refractivity contribution < 1.29 is 4.79 Å². The van der Waals surface area contributed by atoms with Crippen molar-refractivity contribution in [1.82, 2.24) is 19.4 Å².